The van der Waals surface area contributed by atoms with Crippen LogP contribution in [-0.2, 0) is 0 Å². The van der Waals surface area contributed by atoms with E-state index < -0.39 is 0 Å². The van der Waals surface area contributed by atoms with E-state index in [4.69, 9.17) is 0 Å². The lowest BCUT2D eigenvalue weighted by Gasteiger charge is -2.37. The summed E-state index contributed by atoms with van der Waals surface area (Å²) >= 11 is 5.42. The third-order valence-corrected chi connectivity index (χ3v) is 5.43. The molecule has 1 aliphatic heterocycles. The predicted molar refractivity (Wildman–Crippen MR) is 97.1 cm³/mol. The van der Waals surface area contributed by atoms with Crippen LogP contribution in [0.5, 0.6) is 0 Å². The first kappa shape index (κ1) is 14.2. The quantitative estimate of drug-likeness (QED) is 0.702. The molecule has 2 heterocycles. The van der Waals surface area contributed by atoms with Gasteiger partial charge in [-0.3, -0.25) is 0 Å². The normalized spacial score (nSPS) is 18.8. The van der Waals surface area contributed by atoms with Crippen LogP contribution >= 0.6 is 27.7 Å². The van der Waals surface area contributed by atoms with E-state index in [-0.39, 0.29) is 0 Å². The number of aromatic nitrogens is 2. The largest absolute Gasteiger partial charge is 0.362 e. The van der Waals surface area contributed by atoms with Crippen molar-refractivity contribution >= 4 is 44.4 Å². The first-order valence-electron chi connectivity index (χ1n) is 7.20. The second-order valence-electron chi connectivity index (χ2n) is 5.32. The number of rotatable bonds is 2. The number of halogens is 1. The van der Waals surface area contributed by atoms with Crippen molar-refractivity contribution in [3.8, 4) is 0 Å². The number of hydrogen-bond donors (Lipinski definition) is 1. The summed E-state index contributed by atoms with van der Waals surface area (Å²) in [5.41, 5.74) is 4.68. The van der Waals surface area contributed by atoms with Crippen molar-refractivity contribution in [2.45, 2.75) is 6.04 Å². The van der Waals surface area contributed by atoms with E-state index in [1.165, 1.54) is 11.3 Å². The Morgan fingerprint density at radius 3 is 2.91 bits per heavy atom. The first-order chi connectivity index (χ1) is 10.8. The topological polar surface area (TPSA) is 31.9 Å². The molecule has 0 bridgehead atoms. The van der Waals surface area contributed by atoms with Crippen LogP contribution in [0, 0.1) is 5.75 Å². The Bertz CT molecular complexity index is 784. The lowest BCUT2D eigenvalue weighted by Crippen LogP contribution is -2.34. The fourth-order valence-electron chi connectivity index (χ4n) is 2.85. The van der Waals surface area contributed by atoms with Gasteiger partial charge in [-0.25, -0.2) is 4.98 Å². The maximum atomic E-state index is 4.38. The third kappa shape index (κ3) is 2.63. The van der Waals surface area contributed by atoms with Crippen LogP contribution in [0.2, 0.25) is 0 Å². The summed E-state index contributed by atoms with van der Waals surface area (Å²) in [6.07, 6.45) is 1.75. The number of hydrogen-bond acceptors (Lipinski definition) is 3. The second-order valence-corrected chi connectivity index (χ2v) is 7.24. The molecule has 0 saturated carbocycles. The molecular weight excluding hydrogens is 358 g/mol. The lowest BCUT2D eigenvalue weighted by atomic mass is 10.1. The van der Waals surface area contributed by atoms with E-state index in [2.05, 4.69) is 79.0 Å². The van der Waals surface area contributed by atoms with Crippen molar-refractivity contribution in [1.82, 2.24) is 9.97 Å². The molecule has 0 spiro atoms. The van der Waals surface area contributed by atoms with Crippen molar-refractivity contribution in [3.63, 3.8) is 0 Å². The van der Waals surface area contributed by atoms with E-state index >= 15 is 0 Å². The smallest absolute Gasteiger partial charge is 0.0931 e. The summed E-state index contributed by atoms with van der Waals surface area (Å²) in [6.45, 7) is 0.946. The Kier molecular flexibility index (Phi) is 3.84. The van der Waals surface area contributed by atoms with Crippen molar-refractivity contribution in [2.75, 3.05) is 17.2 Å². The van der Waals surface area contributed by atoms with E-state index in [0.717, 1.165) is 27.8 Å². The summed E-state index contributed by atoms with van der Waals surface area (Å²) in [5.74, 6) is 3.35. The number of nitrogens with one attached hydrogen (secondary N) is 1. The molecule has 1 aromatic heterocycles. The van der Waals surface area contributed by atoms with Gasteiger partial charge in [-0.2, -0.15) is 11.8 Å². The number of aromatic amines is 1. The molecule has 1 aliphatic rings. The van der Waals surface area contributed by atoms with Crippen LogP contribution in [0.25, 0.3) is 11.0 Å². The zero-order valence-corrected chi connectivity index (χ0v) is 14.3. The van der Waals surface area contributed by atoms with E-state index in [1.807, 2.05) is 11.8 Å². The molecule has 3 aromatic rings. The van der Waals surface area contributed by atoms with Gasteiger partial charge in [0.05, 0.1) is 23.4 Å². The Hall–Kier alpha value is -1.46. The number of H-pyrrole nitrogens is 1. The molecule has 5 heteroatoms. The molecule has 1 atom stereocenters. The number of benzene rings is 2. The summed E-state index contributed by atoms with van der Waals surface area (Å²) in [5, 5.41) is 0. The van der Waals surface area contributed by atoms with Gasteiger partial charge < -0.3 is 9.88 Å². The molecule has 2 aromatic carbocycles. The fourth-order valence-corrected chi connectivity index (χ4v) is 4.08. The van der Waals surface area contributed by atoms with Crippen LogP contribution in [0.4, 0.5) is 5.69 Å². The molecule has 0 amide bonds. The van der Waals surface area contributed by atoms with Crippen LogP contribution in [0.15, 0.2) is 53.3 Å². The molecule has 1 N–H and O–H groups in total. The minimum atomic E-state index is 0.388. The molecule has 1 saturated heterocycles. The Balaban J connectivity index is 1.71. The van der Waals surface area contributed by atoms with Gasteiger partial charge in [0.15, 0.2) is 0 Å². The van der Waals surface area contributed by atoms with Crippen LogP contribution in [-0.4, -0.2) is 22.3 Å². The standard InChI is InChI=1S/C17H15BrN3S/c18-13-3-1-12(2-4-13)17-10-22-8-7-21(17)14-5-6-15-16(9-14)20-11-19-15/h1-6,8-9,11,17H,7,10H2,(H,19,20). The zero-order chi connectivity index (χ0) is 14.9. The van der Waals surface area contributed by atoms with Gasteiger partial charge in [-0.1, -0.05) is 28.1 Å². The van der Waals surface area contributed by atoms with Gasteiger partial charge in [-0.05, 0) is 35.9 Å². The maximum Gasteiger partial charge on any atom is 0.0931 e. The molecule has 111 valence electrons. The van der Waals surface area contributed by atoms with Crippen molar-refractivity contribution in [3.05, 3.63) is 64.6 Å². The monoisotopic (exact) mass is 372 g/mol. The average Bonchev–Trinajstić information content (AvgIpc) is 3.03. The van der Waals surface area contributed by atoms with E-state index in [0.29, 0.717) is 6.04 Å². The average molecular weight is 373 g/mol. The maximum absolute atomic E-state index is 4.38. The Morgan fingerprint density at radius 2 is 2.05 bits per heavy atom. The molecule has 1 unspecified atom stereocenters. The number of imidazole rings is 1. The minimum absolute atomic E-state index is 0.388. The Labute approximate surface area is 142 Å². The van der Waals surface area contributed by atoms with Crippen LogP contribution in [0.1, 0.15) is 11.6 Å². The van der Waals surface area contributed by atoms with Crippen molar-refractivity contribution in [2.24, 2.45) is 0 Å². The van der Waals surface area contributed by atoms with E-state index in [1.54, 1.807) is 6.33 Å². The van der Waals surface area contributed by atoms with Gasteiger partial charge in [0.25, 0.3) is 0 Å². The summed E-state index contributed by atoms with van der Waals surface area (Å²) in [4.78, 5) is 9.98. The van der Waals surface area contributed by atoms with Crippen LogP contribution < -0.4 is 4.90 Å². The van der Waals surface area contributed by atoms with Gasteiger partial charge >= 0.3 is 0 Å². The van der Waals surface area contributed by atoms with E-state index in [9.17, 15) is 0 Å². The van der Waals surface area contributed by atoms with Gasteiger partial charge in [0.2, 0.25) is 0 Å². The van der Waals surface area contributed by atoms with Gasteiger partial charge in [-0.15, -0.1) is 0 Å². The van der Waals surface area contributed by atoms with Crippen molar-refractivity contribution in [1.29, 1.82) is 0 Å². The van der Waals surface area contributed by atoms with Crippen LogP contribution in [0.3, 0.4) is 0 Å². The number of fused-ring (bicyclic) bond motifs is 1. The van der Waals surface area contributed by atoms with Gasteiger partial charge in [0, 0.05) is 28.2 Å². The minimum Gasteiger partial charge on any atom is -0.362 e. The molecular formula is C17H15BrN3S. The molecule has 1 fully saturated rings. The highest BCUT2D eigenvalue weighted by molar-refractivity contribution is 9.10. The number of nitrogens with zero attached hydrogens (tertiary/aromatic N) is 2. The highest BCUT2D eigenvalue weighted by Gasteiger charge is 2.25. The highest BCUT2D eigenvalue weighted by atomic mass is 79.9. The first-order valence-corrected chi connectivity index (χ1v) is 9.04. The molecule has 22 heavy (non-hydrogen) atoms. The van der Waals surface area contributed by atoms with Crippen molar-refractivity contribution < 1.29 is 0 Å². The lowest BCUT2D eigenvalue weighted by molar-refractivity contribution is 0.703. The molecule has 4 rings (SSSR count). The summed E-state index contributed by atoms with van der Waals surface area (Å²) < 4.78 is 1.12. The Morgan fingerprint density at radius 1 is 1.18 bits per heavy atom. The fraction of sp³-hybridized carbons (Fsp3) is 0.176. The molecule has 0 aliphatic carbocycles. The zero-order valence-electron chi connectivity index (χ0n) is 11.9. The summed E-state index contributed by atoms with van der Waals surface area (Å²) in [7, 11) is 0. The number of thioether (sulfide) groups is 1. The molecule has 1 radical (unpaired) electrons. The summed E-state index contributed by atoms with van der Waals surface area (Å²) in [6, 6.07) is 15.5. The second kappa shape index (κ2) is 5.97. The third-order valence-electron chi connectivity index (χ3n) is 4.01. The SMILES string of the molecule is Brc1ccc(C2CS[CH]CN2c2ccc3[nH]cnc3c2)cc1. The highest BCUT2D eigenvalue weighted by Crippen LogP contribution is 2.36. The van der Waals surface area contributed by atoms with Gasteiger partial charge in [0.1, 0.15) is 0 Å². The molecule has 3 nitrogen and oxygen atoms in total. The number of anilines is 1. The predicted octanol–water partition coefficient (Wildman–Crippen LogP) is 4.78.